The van der Waals surface area contributed by atoms with Gasteiger partial charge in [-0.15, -0.1) is 0 Å². The topological polar surface area (TPSA) is 35.5 Å². The molecule has 1 aliphatic carbocycles. The lowest BCUT2D eigenvalue weighted by molar-refractivity contribution is -0.150. The molecule has 0 N–H and O–H groups in total. The normalized spacial score (nSPS) is 25.8. The van der Waals surface area contributed by atoms with Gasteiger partial charge in [-0.05, 0) is 32.6 Å². The van der Waals surface area contributed by atoms with Gasteiger partial charge in [-0.2, -0.15) is 0 Å². The van der Waals surface area contributed by atoms with Crippen molar-refractivity contribution in [2.45, 2.75) is 45.1 Å². The number of hydrogen-bond acceptors (Lipinski definition) is 3. The lowest BCUT2D eigenvalue weighted by Crippen LogP contribution is -2.28. The van der Waals surface area contributed by atoms with Gasteiger partial charge in [0, 0.05) is 0 Å². The molecule has 0 aliphatic heterocycles. The van der Waals surface area contributed by atoms with E-state index in [0.29, 0.717) is 32.3 Å². The maximum atomic E-state index is 11.9. The van der Waals surface area contributed by atoms with E-state index in [0.717, 1.165) is 0 Å². The van der Waals surface area contributed by atoms with Crippen molar-refractivity contribution in [2.24, 2.45) is 5.92 Å². The predicted molar refractivity (Wildman–Crippen MR) is 54.3 cm³/mol. The molecule has 0 bridgehead atoms. The number of esters is 1. The Balaban J connectivity index is 2.20. The van der Waals surface area contributed by atoms with E-state index in [1.54, 1.807) is 6.92 Å². The molecule has 5 heteroatoms. The van der Waals surface area contributed by atoms with Gasteiger partial charge in [0.2, 0.25) is 0 Å². The van der Waals surface area contributed by atoms with Gasteiger partial charge in [-0.1, -0.05) is 0 Å². The second-order valence-electron chi connectivity index (χ2n) is 3.95. The molecule has 16 heavy (non-hydrogen) atoms. The average molecular weight is 236 g/mol. The summed E-state index contributed by atoms with van der Waals surface area (Å²) in [7, 11) is 0. The van der Waals surface area contributed by atoms with Crippen molar-refractivity contribution in [2.75, 3.05) is 13.2 Å². The van der Waals surface area contributed by atoms with Crippen molar-refractivity contribution in [1.82, 2.24) is 0 Å². The highest BCUT2D eigenvalue weighted by atomic mass is 19.3. The van der Waals surface area contributed by atoms with Crippen LogP contribution in [0.1, 0.15) is 32.6 Å². The van der Waals surface area contributed by atoms with Crippen molar-refractivity contribution in [3.05, 3.63) is 0 Å². The van der Waals surface area contributed by atoms with Crippen molar-refractivity contribution >= 4 is 5.97 Å². The zero-order valence-corrected chi connectivity index (χ0v) is 9.46. The summed E-state index contributed by atoms with van der Waals surface area (Å²) in [6, 6.07) is 0. The predicted octanol–water partition coefficient (Wildman–Crippen LogP) is 2.39. The first-order chi connectivity index (χ1) is 7.63. The molecule has 0 aromatic carbocycles. The number of alkyl halides is 2. The first-order valence-electron chi connectivity index (χ1n) is 5.69. The molecule has 1 rings (SSSR count). The van der Waals surface area contributed by atoms with E-state index in [-0.39, 0.29) is 18.0 Å². The molecule has 3 nitrogen and oxygen atoms in total. The molecule has 0 aromatic rings. The first-order valence-corrected chi connectivity index (χ1v) is 5.69. The van der Waals surface area contributed by atoms with Crippen LogP contribution in [0.15, 0.2) is 0 Å². The second kappa shape index (κ2) is 6.78. The van der Waals surface area contributed by atoms with Crippen LogP contribution in [-0.4, -0.2) is 31.7 Å². The third-order valence-electron chi connectivity index (χ3n) is 2.75. The molecule has 0 unspecified atom stereocenters. The minimum absolute atomic E-state index is 0.0775. The quantitative estimate of drug-likeness (QED) is 0.687. The van der Waals surface area contributed by atoms with Crippen LogP contribution in [0.25, 0.3) is 0 Å². The first kappa shape index (κ1) is 13.4. The minimum Gasteiger partial charge on any atom is -0.466 e. The molecule has 1 saturated carbocycles. The Labute approximate surface area is 94.1 Å². The van der Waals surface area contributed by atoms with Crippen LogP contribution in [0.4, 0.5) is 8.78 Å². The van der Waals surface area contributed by atoms with E-state index in [4.69, 9.17) is 9.47 Å². The SMILES string of the molecule is CCOC(=O)C1CCC(OCC(F)F)CC1. The summed E-state index contributed by atoms with van der Waals surface area (Å²) in [5, 5.41) is 0. The smallest absolute Gasteiger partial charge is 0.308 e. The third-order valence-corrected chi connectivity index (χ3v) is 2.75. The highest BCUT2D eigenvalue weighted by Crippen LogP contribution is 2.27. The standard InChI is InChI=1S/C11H18F2O3/c1-2-15-11(14)8-3-5-9(6-4-8)16-7-10(12)13/h8-10H,2-7H2,1H3. The molecule has 1 fully saturated rings. The highest BCUT2D eigenvalue weighted by molar-refractivity contribution is 5.72. The van der Waals surface area contributed by atoms with Crippen LogP contribution >= 0.6 is 0 Å². The molecule has 0 spiro atoms. The Bertz CT molecular complexity index is 213. The van der Waals surface area contributed by atoms with Gasteiger partial charge >= 0.3 is 5.97 Å². The van der Waals surface area contributed by atoms with Crippen LogP contribution < -0.4 is 0 Å². The molecule has 0 aromatic heterocycles. The van der Waals surface area contributed by atoms with Gasteiger partial charge < -0.3 is 9.47 Å². The minimum atomic E-state index is -2.41. The van der Waals surface area contributed by atoms with Gasteiger partial charge in [-0.3, -0.25) is 4.79 Å². The van der Waals surface area contributed by atoms with Crippen LogP contribution in [-0.2, 0) is 14.3 Å². The molecule has 0 heterocycles. The fraction of sp³-hybridized carbons (Fsp3) is 0.909. The number of carbonyl (C=O) groups is 1. The maximum absolute atomic E-state index is 11.9. The summed E-state index contributed by atoms with van der Waals surface area (Å²) < 4.78 is 33.7. The van der Waals surface area contributed by atoms with Crippen LogP contribution in [0.5, 0.6) is 0 Å². The van der Waals surface area contributed by atoms with Crippen LogP contribution in [0, 0.1) is 5.92 Å². The second-order valence-corrected chi connectivity index (χ2v) is 3.95. The molecular formula is C11H18F2O3. The van der Waals surface area contributed by atoms with E-state index >= 15 is 0 Å². The summed E-state index contributed by atoms with van der Waals surface area (Å²) in [6.07, 6.45) is 0.133. The van der Waals surface area contributed by atoms with Gasteiger partial charge in [0.05, 0.1) is 18.6 Å². The molecular weight excluding hydrogens is 218 g/mol. The van der Waals surface area contributed by atoms with E-state index in [1.165, 1.54) is 0 Å². The maximum Gasteiger partial charge on any atom is 0.308 e. The fourth-order valence-corrected chi connectivity index (χ4v) is 1.93. The number of ether oxygens (including phenoxy) is 2. The summed E-state index contributed by atoms with van der Waals surface area (Å²) in [5.74, 6) is -0.249. The molecule has 0 amide bonds. The number of rotatable bonds is 5. The van der Waals surface area contributed by atoms with E-state index in [2.05, 4.69) is 0 Å². The lowest BCUT2D eigenvalue weighted by atomic mass is 9.87. The average Bonchev–Trinajstić information content (AvgIpc) is 2.27. The molecule has 1 aliphatic rings. The van der Waals surface area contributed by atoms with Gasteiger partial charge in [0.15, 0.2) is 0 Å². The van der Waals surface area contributed by atoms with E-state index in [1.807, 2.05) is 0 Å². The fourth-order valence-electron chi connectivity index (χ4n) is 1.93. The highest BCUT2D eigenvalue weighted by Gasteiger charge is 2.27. The van der Waals surface area contributed by atoms with Gasteiger partial charge in [0.25, 0.3) is 6.43 Å². The third kappa shape index (κ3) is 4.43. The molecule has 94 valence electrons. The van der Waals surface area contributed by atoms with Gasteiger partial charge in [0.1, 0.15) is 6.61 Å². The van der Waals surface area contributed by atoms with E-state index in [9.17, 15) is 13.6 Å². The molecule has 0 atom stereocenters. The Hall–Kier alpha value is -0.710. The summed E-state index contributed by atoms with van der Waals surface area (Å²) in [4.78, 5) is 11.4. The summed E-state index contributed by atoms with van der Waals surface area (Å²) in [5.41, 5.74) is 0. The van der Waals surface area contributed by atoms with E-state index < -0.39 is 13.0 Å². The molecule has 0 saturated heterocycles. The van der Waals surface area contributed by atoms with Crippen LogP contribution in [0.3, 0.4) is 0 Å². The van der Waals surface area contributed by atoms with Crippen molar-refractivity contribution in [3.8, 4) is 0 Å². The Morgan fingerprint density at radius 2 is 1.94 bits per heavy atom. The number of carbonyl (C=O) groups excluding carboxylic acids is 1. The largest absolute Gasteiger partial charge is 0.466 e. The van der Waals surface area contributed by atoms with Crippen molar-refractivity contribution in [1.29, 1.82) is 0 Å². The number of hydrogen-bond donors (Lipinski definition) is 0. The number of halogens is 2. The zero-order chi connectivity index (χ0) is 12.0. The van der Waals surface area contributed by atoms with Gasteiger partial charge in [-0.25, -0.2) is 8.78 Å². The summed E-state index contributed by atoms with van der Waals surface area (Å²) in [6.45, 7) is 1.66. The zero-order valence-electron chi connectivity index (χ0n) is 9.46. The Kier molecular flexibility index (Phi) is 5.66. The molecule has 0 radical (unpaired) electrons. The Morgan fingerprint density at radius 3 is 2.44 bits per heavy atom. The lowest BCUT2D eigenvalue weighted by Gasteiger charge is -2.27. The monoisotopic (exact) mass is 236 g/mol. The van der Waals surface area contributed by atoms with Crippen LogP contribution in [0.2, 0.25) is 0 Å². The van der Waals surface area contributed by atoms with Crippen molar-refractivity contribution < 1.29 is 23.0 Å². The Morgan fingerprint density at radius 1 is 1.31 bits per heavy atom. The summed E-state index contributed by atoms with van der Waals surface area (Å²) >= 11 is 0. The van der Waals surface area contributed by atoms with Crippen molar-refractivity contribution in [3.63, 3.8) is 0 Å².